The van der Waals surface area contributed by atoms with Crippen molar-refractivity contribution in [2.24, 2.45) is 0 Å². The van der Waals surface area contributed by atoms with Crippen LogP contribution in [0, 0.1) is 0 Å². The van der Waals surface area contributed by atoms with Gasteiger partial charge in [0.2, 0.25) is 5.95 Å². The zero-order valence-corrected chi connectivity index (χ0v) is 14.4. The number of hydrogen-bond donors (Lipinski definition) is 0. The maximum Gasteiger partial charge on any atom is 0.573 e. The van der Waals surface area contributed by atoms with E-state index in [0.717, 1.165) is 5.56 Å². The van der Waals surface area contributed by atoms with Crippen molar-refractivity contribution in [1.29, 1.82) is 0 Å². The van der Waals surface area contributed by atoms with Crippen LogP contribution in [0.2, 0.25) is 5.02 Å². The Morgan fingerprint density at radius 2 is 1.81 bits per heavy atom. The molecule has 1 heterocycles. The minimum atomic E-state index is -4.72. The zero-order valence-electron chi connectivity index (χ0n) is 13.6. The molecule has 0 saturated carbocycles. The van der Waals surface area contributed by atoms with Crippen molar-refractivity contribution in [3.8, 4) is 11.4 Å². The fraction of sp³-hybridized carbons (Fsp3) is 0.176. The standard InChI is InChI=1S/C17H14ClF3N4O/c1-24(10-12-4-2-3-5-15(12)18)16-22-11-25(23-16)13-6-8-14(9-7-13)26-17(19,20)21/h2-9,11H,10H2,1H3. The smallest absolute Gasteiger partial charge is 0.406 e. The second-order valence-electron chi connectivity index (χ2n) is 5.48. The monoisotopic (exact) mass is 382 g/mol. The van der Waals surface area contributed by atoms with Crippen molar-refractivity contribution in [3.63, 3.8) is 0 Å². The lowest BCUT2D eigenvalue weighted by Crippen LogP contribution is -2.18. The Hall–Kier alpha value is -2.74. The number of anilines is 1. The molecule has 0 aliphatic carbocycles. The highest BCUT2D eigenvalue weighted by Crippen LogP contribution is 2.24. The zero-order chi connectivity index (χ0) is 18.7. The highest BCUT2D eigenvalue weighted by molar-refractivity contribution is 6.31. The molecule has 2 aromatic carbocycles. The van der Waals surface area contributed by atoms with Crippen LogP contribution >= 0.6 is 11.6 Å². The molecule has 3 aromatic rings. The molecule has 0 bridgehead atoms. The molecule has 0 radical (unpaired) electrons. The highest BCUT2D eigenvalue weighted by Gasteiger charge is 2.31. The molecule has 0 saturated heterocycles. The molecule has 0 aliphatic rings. The molecular formula is C17H14ClF3N4O. The van der Waals surface area contributed by atoms with Gasteiger partial charge >= 0.3 is 6.36 Å². The average Bonchev–Trinajstić information content (AvgIpc) is 3.06. The molecule has 0 unspecified atom stereocenters. The van der Waals surface area contributed by atoms with Crippen molar-refractivity contribution in [2.45, 2.75) is 12.9 Å². The maximum atomic E-state index is 12.2. The summed E-state index contributed by atoms with van der Waals surface area (Å²) in [5, 5.41) is 4.99. The molecule has 5 nitrogen and oxygen atoms in total. The predicted molar refractivity (Wildman–Crippen MR) is 91.6 cm³/mol. The first-order chi connectivity index (χ1) is 12.3. The van der Waals surface area contributed by atoms with E-state index in [1.54, 1.807) is 6.07 Å². The van der Waals surface area contributed by atoms with Crippen LogP contribution in [-0.4, -0.2) is 28.2 Å². The summed E-state index contributed by atoms with van der Waals surface area (Å²) < 4.78 is 41.9. The first kappa shape index (κ1) is 18.1. The number of ether oxygens (including phenoxy) is 1. The number of hydrogen-bond acceptors (Lipinski definition) is 4. The number of aromatic nitrogens is 3. The van der Waals surface area contributed by atoms with Crippen LogP contribution in [0.3, 0.4) is 0 Å². The molecule has 9 heteroatoms. The minimum absolute atomic E-state index is 0.294. The van der Waals surface area contributed by atoms with Gasteiger partial charge in [0, 0.05) is 18.6 Å². The van der Waals surface area contributed by atoms with Crippen LogP contribution in [0.25, 0.3) is 5.69 Å². The summed E-state index contributed by atoms with van der Waals surface area (Å²) >= 11 is 6.15. The van der Waals surface area contributed by atoms with Gasteiger partial charge in [-0.3, -0.25) is 0 Å². The summed E-state index contributed by atoms with van der Waals surface area (Å²) in [5.74, 6) is 0.165. The van der Waals surface area contributed by atoms with Crippen LogP contribution in [0.5, 0.6) is 5.75 Å². The Balaban J connectivity index is 1.72. The van der Waals surface area contributed by atoms with Gasteiger partial charge in [0.1, 0.15) is 12.1 Å². The normalized spacial score (nSPS) is 11.4. The molecular weight excluding hydrogens is 369 g/mol. The summed E-state index contributed by atoms with van der Waals surface area (Å²) in [6, 6.07) is 12.8. The van der Waals surface area contributed by atoms with Gasteiger partial charge in [-0.15, -0.1) is 18.3 Å². The van der Waals surface area contributed by atoms with Gasteiger partial charge < -0.3 is 9.64 Å². The minimum Gasteiger partial charge on any atom is -0.406 e. The van der Waals surface area contributed by atoms with E-state index < -0.39 is 6.36 Å². The van der Waals surface area contributed by atoms with E-state index in [9.17, 15) is 13.2 Å². The second kappa shape index (κ2) is 7.25. The molecule has 0 amide bonds. The Morgan fingerprint density at radius 1 is 1.12 bits per heavy atom. The van der Waals surface area contributed by atoms with Crippen molar-refractivity contribution in [2.75, 3.05) is 11.9 Å². The number of halogens is 4. The number of rotatable bonds is 5. The van der Waals surface area contributed by atoms with E-state index in [1.165, 1.54) is 35.3 Å². The molecule has 1 aromatic heterocycles. The van der Waals surface area contributed by atoms with Gasteiger partial charge in [0.25, 0.3) is 0 Å². The lowest BCUT2D eigenvalue weighted by molar-refractivity contribution is -0.274. The van der Waals surface area contributed by atoms with E-state index >= 15 is 0 Å². The van der Waals surface area contributed by atoms with Gasteiger partial charge in [0.15, 0.2) is 0 Å². The molecule has 26 heavy (non-hydrogen) atoms. The van der Waals surface area contributed by atoms with Gasteiger partial charge in [0.05, 0.1) is 5.69 Å². The Bertz CT molecular complexity index is 880. The third kappa shape index (κ3) is 4.45. The summed E-state index contributed by atoms with van der Waals surface area (Å²) in [7, 11) is 1.82. The van der Waals surface area contributed by atoms with E-state index in [2.05, 4.69) is 14.8 Å². The highest BCUT2D eigenvalue weighted by atomic mass is 35.5. The van der Waals surface area contributed by atoms with Crippen LogP contribution in [-0.2, 0) is 6.54 Å². The summed E-state index contributed by atoms with van der Waals surface area (Å²) in [6.45, 7) is 0.516. The van der Waals surface area contributed by atoms with E-state index in [-0.39, 0.29) is 5.75 Å². The van der Waals surface area contributed by atoms with Gasteiger partial charge in [-0.05, 0) is 35.9 Å². The molecule has 136 valence electrons. The largest absolute Gasteiger partial charge is 0.573 e. The van der Waals surface area contributed by atoms with Crippen LogP contribution < -0.4 is 9.64 Å². The predicted octanol–water partition coefficient (Wildman–Crippen LogP) is 4.46. The van der Waals surface area contributed by atoms with Crippen LogP contribution in [0.4, 0.5) is 19.1 Å². The first-order valence-electron chi connectivity index (χ1n) is 7.54. The Kier molecular flexibility index (Phi) is 5.03. The fourth-order valence-electron chi connectivity index (χ4n) is 2.31. The van der Waals surface area contributed by atoms with Gasteiger partial charge in [-0.2, -0.15) is 4.98 Å². The lowest BCUT2D eigenvalue weighted by Gasteiger charge is -2.15. The van der Waals surface area contributed by atoms with Crippen molar-refractivity contribution in [3.05, 3.63) is 65.4 Å². The maximum absolute atomic E-state index is 12.2. The third-order valence-electron chi connectivity index (χ3n) is 3.52. The van der Waals surface area contributed by atoms with Crippen molar-refractivity contribution >= 4 is 17.5 Å². The fourth-order valence-corrected chi connectivity index (χ4v) is 2.50. The third-order valence-corrected chi connectivity index (χ3v) is 3.89. The lowest BCUT2D eigenvalue weighted by atomic mass is 10.2. The molecule has 0 fully saturated rings. The van der Waals surface area contributed by atoms with Gasteiger partial charge in [-0.1, -0.05) is 29.8 Å². The molecule has 0 N–H and O–H groups in total. The quantitative estimate of drug-likeness (QED) is 0.653. The topological polar surface area (TPSA) is 43.2 Å². The van der Waals surface area contributed by atoms with Crippen LogP contribution in [0.1, 0.15) is 5.56 Å². The van der Waals surface area contributed by atoms with E-state index in [4.69, 9.17) is 11.6 Å². The average molecular weight is 383 g/mol. The van der Waals surface area contributed by atoms with Gasteiger partial charge in [-0.25, -0.2) is 4.68 Å². The Morgan fingerprint density at radius 3 is 2.46 bits per heavy atom. The number of benzene rings is 2. The van der Waals surface area contributed by atoms with Crippen LogP contribution in [0.15, 0.2) is 54.9 Å². The Labute approximate surface area is 152 Å². The van der Waals surface area contributed by atoms with Crippen molar-refractivity contribution < 1.29 is 17.9 Å². The van der Waals surface area contributed by atoms with E-state index in [1.807, 2.05) is 30.1 Å². The summed E-state index contributed by atoms with van der Waals surface area (Å²) in [5.41, 5.74) is 1.49. The molecule has 0 spiro atoms. The number of alkyl halides is 3. The molecule has 3 rings (SSSR count). The first-order valence-corrected chi connectivity index (χ1v) is 7.92. The summed E-state index contributed by atoms with van der Waals surface area (Å²) in [6.07, 6.45) is -3.23. The number of nitrogens with zero attached hydrogens (tertiary/aromatic N) is 4. The van der Waals surface area contributed by atoms with Crippen molar-refractivity contribution in [1.82, 2.24) is 14.8 Å². The SMILES string of the molecule is CN(Cc1ccccc1Cl)c1ncn(-c2ccc(OC(F)(F)F)cc2)n1. The second-order valence-corrected chi connectivity index (χ2v) is 5.89. The molecule has 0 aliphatic heterocycles. The molecule has 0 atom stereocenters. The van der Waals surface area contributed by atoms with E-state index in [0.29, 0.717) is 23.2 Å². The summed E-state index contributed by atoms with van der Waals surface area (Å²) in [4.78, 5) is 6.04.